The van der Waals surface area contributed by atoms with E-state index in [4.69, 9.17) is 9.84 Å². The first kappa shape index (κ1) is 17.7. The lowest BCUT2D eigenvalue weighted by molar-refractivity contribution is -0.120. The van der Waals surface area contributed by atoms with E-state index in [2.05, 4.69) is 5.32 Å². The molecule has 0 fully saturated rings. The number of nitrogens with one attached hydrogen (secondary N) is 1. The number of carbonyl (C=O) groups excluding carboxylic acids is 1. The molecule has 0 unspecified atom stereocenters. The van der Waals surface area contributed by atoms with E-state index in [1.807, 2.05) is 31.2 Å². The van der Waals surface area contributed by atoms with Crippen LogP contribution in [0.15, 0.2) is 48.5 Å². The van der Waals surface area contributed by atoms with E-state index < -0.39 is 5.97 Å². The Bertz CT molecular complexity index is 695. The first-order chi connectivity index (χ1) is 11.6. The lowest BCUT2D eigenvalue weighted by atomic mass is 10.1. The maximum atomic E-state index is 12.1. The van der Waals surface area contributed by atoms with Gasteiger partial charge < -0.3 is 15.2 Å². The second kappa shape index (κ2) is 8.84. The molecule has 0 aliphatic heterocycles. The molecule has 2 rings (SSSR count). The number of hydrogen-bond donors (Lipinski definition) is 2. The van der Waals surface area contributed by atoms with Crippen LogP contribution in [0.25, 0.3) is 0 Å². The van der Waals surface area contributed by atoms with Crippen molar-refractivity contribution in [2.45, 2.75) is 26.5 Å². The largest absolute Gasteiger partial charge is 0.478 e. The highest BCUT2D eigenvalue weighted by molar-refractivity contribution is 5.87. The Morgan fingerprint density at radius 3 is 2.33 bits per heavy atom. The van der Waals surface area contributed by atoms with Crippen molar-refractivity contribution in [3.63, 3.8) is 0 Å². The summed E-state index contributed by atoms with van der Waals surface area (Å²) in [6, 6.07) is 14.2. The van der Waals surface area contributed by atoms with E-state index in [0.29, 0.717) is 19.8 Å². The molecular weight excluding hydrogens is 306 g/mol. The summed E-state index contributed by atoms with van der Waals surface area (Å²) in [5, 5.41) is 11.8. The normalized spacial score (nSPS) is 10.4. The lowest BCUT2D eigenvalue weighted by Gasteiger charge is -2.11. The van der Waals surface area contributed by atoms with Gasteiger partial charge >= 0.3 is 5.97 Å². The third-order valence-electron chi connectivity index (χ3n) is 3.62. The molecule has 0 bridgehead atoms. The number of carboxylic acids is 1. The van der Waals surface area contributed by atoms with Crippen LogP contribution in [0.1, 0.15) is 34.0 Å². The van der Waals surface area contributed by atoms with Crippen molar-refractivity contribution in [3.05, 3.63) is 70.8 Å². The summed E-state index contributed by atoms with van der Waals surface area (Å²) in [6.07, 6.45) is 0.216. The highest BCUT2D eigenvalue weighted by atomic mass is 16.5. The number of aromatic carboxylic acids is 1. The molecule has 2 aromatic carbocycles. The predicted octanol–water partition coefficient (Wildman–Crippen LogP) is 2.78. The average molecular weight is 327 g/mol. The van der Waals surface area contributed by atoms with Crippen LogP contribution in [-0.2, 0) is 29.1 Å². The summed E-state index contributed by atoms with van der Waals surface area (Å²) in [7, 11) is 0. The quantitative estimate of drug-likeness (QED) is 0.782. The van der Waals surface area contributed by atoms with Crippen molar-refractivity contribution < 1.29 is 19.4 Å². The topological polar surface area (TPSA) is 75.6 Å². The third-order valence-corrected chi connectivity index (χ3v) is 3.62. The predicted molar refractivity (Wildman–Crippen MR) is 90.7 cm³/mol. The molecule has 0 aliphatic carbocycles. The monoisotopic (exact) mass is 327 g/mol. The summed E-state index contributed by atoms with van der Waals surface area (Å²) in [6.45, 7) is 3.56. The minimum atomic E-state index is -0.975. The zero-order valence-corrected chi connectivity index (χ0v) is 13.6. The molecule has 0 aromatic heterocycles. The molecule has 0 saturated carbocycles. The van der Waals surface area contributed by atoms with Crippen LogP contribution < -0.4 is 5.32 Å². The molecule has 2 aromatic rings. The van der Waals surface area contributed by atoms with E-state index in [1.54, 1.807) is 12.1 Å². The fourth-order valence-electron chi connectivity index (χ4n) is 2.29. The molecule has 0 radical (unpaired) electrons. The summed E-state index contributed by atoms with van der Waals surface area (Å²) < 4.78 is 5.43. The Balaban J connectivity index is 1.90. The molecule has 5 nitrogen and oxygen atoms in total. The Kier molecular flexibility index (Phi) is 6.51. The lowest BCUT2D eigenvalue weighted by Crippen LogP contribution is -2.25. The highest BCUT2D eigenvalue weighted by Crippen LogP contribution is 2.10. The van der Waals surface area contributed by atoms with Crippen molar-refractivity contribution in [2.75, 3.05) is 6.61 Å². The Labute approximate surface area is 141 Å². The molecule has 5 heteroatoms. The fourth-order valence-corrected chi connectivity index (χ4v) is 2.29. The van der Waals surface area contributed by atoms with E-state index in [-0.39, 0.29) is 17.9 Å². The van der Waals surface area contributed by atoms with E-state index in [0.717, 1.165) is 16.7 Å². The number of carboxylic acid groups (broad SMARTS) is 1. The van der Waals surface area contributed by atoms with Crippen molar-refractivity contribution in [1.82, 2.24) is 5.32 Å². The number of rotatable bonds is 8. The maximum absolute atomic E-state index is 12.1. The molecule has 0 heterocycles. The molecular formula is C19H21NO4. The number of ether oxygens (including phenoxy) is 1. The van der Waals surface area contributed by atoms with Crippen LogP contribution in [0.3, 0.4) is 0 Å². The standard InChI is InChI=1S/C19H21NO4/c1-2-24-13-17-6-4-3-5-16(17)12-20-18(21)11-14-7-9-15(10-8-14)19(22)23/h3-10H,2,11-13H2,1H3,(H,20,21)(H,22,23). The van der Waals surface area contributed by atoms with E-state index >= 15 is 0 Å². The van der Waals surface area contributed by atoms with Crippen LogP contribution in [0.2, 0.25) is 0 Å². The van der Waals surface area contributed by atoms with Crippen LogP contribution in [0.5, 0.6) is 0 Å². The van der Waals surface area contributed by atoms with E-state index in [1.165, 1.54) is 12.1 Å². The van der Waals surface area contributed by atoms with Gasteiger partial charge in [0.25, 0.3) is 0 Å². The first-order valence-corrected chi connectivity index (χ1v) is 7.83. The van der Waals surface area contributed by atoms with E-state index in [9.17, 15) is 9.59 Å². The molecule has 0 saturated heterocycles. The van der Waals surface area contributed by atoms with Crippen molar-refractivity contribution >= 4 is 11.9 Å². The third kappa shape index (κ3) is 5.21. The summed E-state index contributed by atoms with van der Waals surface area (Å²) in [5.41, 5.74) is 3.08. The minimum Gasteiger partial charge on any atom is -0.478 e. The minimum absolute atomic E-state index is 0.107. The Morgan fingerprint density at radius 1 is 1.04 bits per heavy atom. The zero-order valence-electron chi connectivity index (χ0n) is 13.6. The number of benzene rings is 2. The van der Waals surface area contributed by atoms with Gasteiger partial charge in [-0.1, -0.05) is 36.4 Å². The smallest absolute Gasteiger partial charge is 0.335 e. The Morgan fingerprint density at radius 2 is 1.71 bits per heavy atom. The van der Waals surface area contributed by atoms with Crippen molar-refractivity contribution in [1.29, 1.82) is 0 Å². The molecule has 0 spiro atoms. The zero-order chi connectivity index (χ0) is 17.4. The first-order valence-electron chi connectivity index (χ1n) is 7.83. The van der Waals surface area contributed by atoms with Gasteiger partial charge in [-0.2, -0.15) is 0 Å². The second-order valence-electron chi connectivity index (χ2n) is 5.36. The summed E-state index contributed by atoms with van der Waals surface area (Å²) in [5.74, 6) is -1.08. The molecule has 0 atom stereocenters. The van der Waals surface area contributed by atoms with Gasteiger partial charge in [0.2, 0.25) is 5.91 Å². The number of hydrogen-bond acceptors (Lipinski definition) is 3. The summed E-state index contributed by atoms with van der Waals surface area (Å²) in [4.78, 5) is 22.9. The van der Waals surface area contributed by atoms with Gasteiger partial charge in [-0.25, -0.2) is 4.79 Å². The van der Waals surface area contributed by atoms with Crippen LogP contribution in [0, 0.1) is 0 Å². The van der Waals surface area contributed by atoms with Crippen molar-refractivity contribution in [2.24, 2.45) is 0 Å². The molecule has 24 heavy (non-hydrogen) atoms. The van der Waals surface area contributed by atoms with Gasteiger partial charge in [0.1, 0.15) is 0 Å². The van der Waals surface area contributed by atoms with Crippen molar-refractivity contribution in [3.8, 4) is 0 Å². The van der Waals surface area contributed by atoms with Crippen LogP contribution in [0.4, 0.5) is 0 Å². The second-order valence-corrected chi connectivity index (χ2v) is 5.36. The van der Waals surface area contributed by atoms with Crippen LogP contribution >= 0.6 is 0 Å². The highest BCUT2D eigenvalue weighted by Gasteiger charge is 2.07. The average Bonchev–Trinajstić information content (AvgIpc) is 2.59. The fraction of sp³-hybridized carbons (Fsp3) is 0.263. The van der Waals surface area contributed by atoms with Gasteiger partial charge in [0, 0.05) is 13.2 Å². The molecule has 1 amide bonds. The van der Waals surface area contributed by atoms with Gasteiger partial charge in [-0.3, -0.25) is 4.79 Å². The van der Waals surface area contributed by atoms with Crippen LogP contribution in [-0.4, -0.2) is 23.6 Å². The molecule has 126 valence electrons. The number of carbonyl (C=O) groups is 2. The molecule has 0 aliphatic rings. The maximum Gasteiger partial charge on any atom is 0.335 e. The van der Waals surface area contributed by atoms with Gasteiger partial charge in [-0.15, -0.1) is 0 Å². The Hall–Kier alpha value is -2.66. The van der Waals surface area contributed by atoms with Gasteiger partial charge in [0.15, 0.2) is 0 Å². The van der Waals surface area contributed by atoms with Gasteiger partial charge in [0.05, 0.1) is 18.6 Å². The van der Waals surface area contributed by atoms with Gasteiger partial charge in [-0.05, 0) is 35.7 Å². The SMILES string of the molecule is CCOCc1ccccc1CNC(=O)Cc1ccc(C(=O)O)cc1. The summed E-state index contributed by atoms with van der Waals surface area (Å²) >= 11 is 0. The number of amides is 1. The molecule has 2 N–H and O–H groups in total.